The molecule has 0 atom stereocenters. The van der Waals surface area contributed by atoms with E-state index in [-0.39, 0.29) is 11.1 Å². The number of rotatable bonds is 3. The molecule has 0 saturated heterocycles. The molecule has 0 aliphatic carbocycles. The second-order valence-corrected chi connectivity index (χ2v) is 8.90. The van der Waals surface area contributed by atoms with Crippen LogP contribution in [0.4, 0.5) is 0 Å². The molecule has 4 rings (SSSR count). The van der Waals surface area contributed by atoms with Crippen molar-refractivity contribution in [3.63, 3.8) is 0 Å². The molecule has 3 aromatic rings. The number of nitrogens with zero attached hydrogens (tertiary/aromatic N) is 4. The topological polar surface area (TPSA) is 66.8 Å². The zero-order valence-corrected chi connectivity index (χ0v) is 17.9. The minimum Gasteiger partial charge on any atom is -0.306 e. The maximum absolute atomic E-state index is 12.8. The number of fused-ring (bicyclic) bond motifs is 1. The van der Waals surface area contributed by atoms with E-state index >= 15 is 0 Å². The van der Waals surface area contributed by atoms with Crippen LogP contribution in [0.3, 0.4) is 0 Å². The summed E-state index contributed by atoms with van der Waals surface area (Å²) in [6.45, 7) is 13.0. The van der Waals surface area contributed by atoms with Crippen LogP contribution in [0.2, 0.25) is 0 Å². The Morgan fingerprint density at radius 1 is 1.14 bits per heavy atom. The molecule has 0 radical (unpaired) electrons. The number of aryl methyl sites for hydroxylation is 1. The number of hydrogen-bond acceptors (Lipinski definition) is 4. The maximum Gasteiger partial charge on any atom is 0.255 e. The fraction of sp³-hybridized carbons (Fsp3) is 0.435. The van der Waals surface area contributed by atoms with Crippen molar-refractivity contribution in [2.45, 2.75) is 59.7 Å². The summed E-state index contributed by atoms with van der Waals surface area (Å²) in [5, 5.41) is 4.76. The van der Waals surface area contributed by atoms with Gasteiger partial charge in [-0.3, -0.25) is 14.4 Å². The summed E-state index contributed by atoms with van der Waals surface area (Å²) in [4.78, 5) is 22.8. The van der Waals surface area contributed by atoms with Crippen molar-refractivity contribution in [1.29, 1.82) is 0 Å². The third kappa shape index (κ3) is 3.77. The highest BCUT2D eigenvalue weighted by atomic mass is 16.1. The van der Waals surface area contributed by atoms with Crippen LogP contribution in [0.1, 0.15) is 49.0 Å². The fourth-order valence-corrected chi connectivity index (χ4v) is 4.13. The van der Waals surface area contributed by atoms with E-state index in [1.807, 2.05) is 30.3 Å². The van der Waals surface area contributed by atoms with E-state index in [1.165, 1.54) is 11.3 Å². The Morgan fingerprint density at radius 2 is 1.86 bits per heavy atom. The average molecular weight is 392 g/mol. The Bertz CT molecular complexity index is 1090. The maximum atomic E-state index is 12.8. The average Bonchev–Trinajstić information content (AvgIpc) is 2.97. The molecule has 0 unspecified atom stereocenters. The van der Waals surface area contributed by atoms with E-state index in [4.69, 9.17) is 10.1 Å². The predicted molar refractivity (Wildman–Crippen MR) is 115 cm³/mol. The summed E-state index contributed by atoms with van der Waals surface area (Å²) in [7, 11) is 0. The Morgan fingerprint density at radius 3 is 2.52 bits per heavy atom. The molecule has 1 aliphatic heterocycles. The van der Waals surface area contributed by atoms with Gasteiger partial charge in [-0.1, -0.05) is 30.3 Å². The molecular weight excluding hydrogens is 362 g/mol. The Labute approximate surface area is 171 Å². The highest BCUT2D eigenvalue weighted by Gasteiger charge is 2.25. The summed E-state index contributed by atoms with van der Waals surface area (Å²) in [6, 6.07) is 9.82. The monoisotopic (exact) mass is 391 g/mol. The lowest BCUT2D eigenvalue weighted by Gasteiger charge is -2.28. The first-order valence-electron chi connectivity index (χ1n) is 10.2. The van der Waals surface area contributed by atoms with Crippen LogP contribution >= 0.6 is 0 Å². The first kappa shape index (κ1) is 19.6. The number of H-pyrrole nitrogens is 1. The van der Waals surface area contributed by atoms with Gasteiger partial charge in [-0.05, 0) is 34.6 Å². The summed E-state index contributed by atoms with van der Waals surface area (Å²) in [5.41, 5.74) is 6.09. The van der Waals surface area contributed by atoms with Gasteiger partial charge in [0.05, 0.1) is 22.5 Å². The smallest absolute Gasteiger partial charge is 0.255 e. The lowest BCUT2D eigenvalue weighted by Crippen LogP contribution is -2.35. The molecule has 6 nitrogen and oxygen atoms in total. The summed E-state index contributed by atoms with van der Waals surface area (Å²) < 4.78 is 2.11. The molecule has 1 N–H and O–H groups in total. The SMILES string of the molecule is Cc1nn(C(C)(C)C)c(C)c1CN1CCc2nc(-c3ccccc3)[nH]c(=O)c2C1. The molecular formula is C23H29N5O. The van der Waals surface area contributed by atoms with Crippen molar-refractivity contribution in [3.8, 4) is 11.4 Å². The Hall–Kier alpha value is -2.73. The second-order valence-electron chi connectivity index (χ2n) is 8.90. The molecule has 0 bridgehead atoms. The van der Waals surface area contributed by atoms with Gasteiger partial charge >= 0.3 is 0 Å². The van der Waals surface area contributed by atoms with Crippen LogP contribution in [0.5, 0.6) is 0 Å². The number of benzene rings is 1. The van der Waals surface area contributed by atoms with Crippen molar-refractivity contribution in [1.82, 2.24) is 24.6 Å². The van der Waals surface area contributed by atoms with Gasteiger partial charge in [-0.25, -0.2) is 4.98 Å². The lowest BCUT2D eigenvalue weighted by molar-refractivity contribution is 0.240. The van der Waals surface area contributed by atoms with Crippen LogP contribution in [0.25, 0.3) is 11.4 Å². The molecule has 1 aromatic carbocycles. The van der Waals surface area contributed by atoms with Crippen LogP contribution in [-0.4, -0.2) is 31.2 Å². The van der Waals surface area contributed by atoms with E-state index < -0.39 is 0 Å². The summed E-state index contributed by atoms with van der Waals surface area (Å²) in [5.74, 6) is 0.654. The van der Waals surface area contributed by atoms with Gasteiger partial charge in [0.25, 0.3) is 5.56 Å². The van der Waals surface area contributed by atoms with Crippen LogP contribution < -0.4 is 5.56 Å². The van der Waals surface area contributed by atoms with Crippen molar-refractivity contribution >= 4 is 0 Å². The van der Waals surface area contributed by atoms with Gasteiger partial charge in [0.1, 0.15) is 5.82 Å². The molecule has 6 heteroatoms. The van der Waals surface area contributed by atoms with Crippen molar-refractivity contribution in [3.05, 3.63) is 68.9 Å². The van der Waals surface area contributed by atoms with E-state index in [0.717, 1.165) is 42.0 Å². The molecule has 0 saturated carbocycles. The van der Waals surface area contributed by atoms with Crippen LogP contribution in [0, 0.1) is 13.8 Å². The first-order chi connectivity index (χ1) is 13.7. The molecule has 0 spiro atoms. The van der Waals surface area contributed by atoms with Crippen molar-refractivity contribution in [2.75, 3.05) is 6.54 Å². The predicted octanol–water partition coefficient (Wildman–Crippen LogP) is 3.56. The minimum atomic E-state index is -0.0451. The van der Waals surface area contributed by atoms with E-state index in [1.54, 1.807) is 0 Å². The highest BCUT2D eigenvalue weighted by molar-refractivity contribution is 5.54. The molecule has 152 valence electrons. The van der Waals surface area contributed by atoms with Gasteiger partial charge in [-0.15, -0.1) is 0 Å². The van der Waals surface area contributed by atoms with Gasteiger partial charge < -0.3 is 4.98 Å². The fourth-order valence-electron chi connectivity index (χ4n) is 4.13. The number of hydrogen-bond donors (Lipinski definition) is 1. The standard InChI is InChI=1S/C23H29N5O/c1-15-18(16(2)28(26-15)23(3,4)5)13-27-12-11-20-19(14-27)22(29)25-21(24-20)17-9-7-6-8-10-17/h6-10H,11-14H2,1-5H3,(H,24,25,29). The van der Waals surface area contributed by atoms with Gasteiger partial charge in [-0.2, -0.15) is 5.10 Å². The molecule has 29 heavy (non-hydrogen) atoms. The summed E-state index contributed by atoms with van der Waals surface area (Å²) >= 11 is 0. The Balaban J connectivity index is 1.59. The largest absolute Gasteiger partial charge is 0.306 e. The molecule has 2 aromatic heterocycles. The zero-order chi connectivity index (χ0) is 20.8. The number of aromatic amines is 1. The molecule has 0 fully saturated rings. The zero-order valence-electron chi connectivity index (χ0n) is 17.9. The van der Waals surface area contributed by atoms with E-state index in [2.05, 4.69) is 49.2 Å². The number of nitrogens with one attached hydrogen (secondary N) is 1. The lowest BCUT2D eigenvalue weighted by atomic mass is 10.0. The molecule has 3 heterocycles. The molecule has 0 amide bonds. The normalized spacial score (nSPS) is 14.8. The van der Waals surface area contributed by atoms with Crippen molar-refractivity contribution < 1.29 is 0 Å². The molecule has 1 aliphatic rings. The third-order valence-corrected chi connectivity index (χ3v) is 5.65. The van der Waals surface area contributed by atoms with E-state index in [0.29, 0.717) is 12.4 Å². The Kier molecular flexibility index (Phi) is 4.90. The minimum absolute atomic E-state index is 0.0302. The van der Waals surface area contributed by atoms with Gasteiger partial charge in [0, 0.05) is 42.9 Å². The van der Waals surface area contributed by atoms with Crippen LogP contribution in [0.15, 0.2) is 35.1 Å². The third-order valence-electron chi connectivity index (χ3n) is 5.65. The highest BCUT2D eigenvalue weighted by Crippen LogP contribution is 2.25. The second kappa shape index (κ2) is 7.26. The number of aromatic nitrogens is 4. The van der Waals surface area contributed by atoms with E-state index in [9.17, 15) is 4.79 Å². The first-order valence-corrected chi connectivity index (χ1v) is 10.2. The van der Waals surface area contributed by atoms with Crippen molar-refractivity contribution in [2.24, 2.45) is 0 Å². The van der Waals surface area contributed by atoms with Gasteiger partial charge in [0.15, 0.2) is 0 Å². The summed E-state index contributed by atoms with van der Waals surface area (Å²) in [6.07, 6.45) is 0.782. The quantitative estimate of drug-likeness (QED) is 0.741. The van der Waals surface area contributed by atoms with Gasteiger partial charge in [0.2, 0.25) is 0 Å². The van der Waals surface area contributed by atoms with Crippen LogP contribution in [-0.2, 0) is 25.0 Å².